The van der Waals surface area contributed by atoms with Gasteiger partial charge in [-0.2, -0.15) is 4.57 Å². The van der Waals surface area contributed by atoms with Crippen molar-refractivity contribution in [3.63, 3.8) is 0 Å². The highest BCUT2D eigenvalue weighted by atomic mass is 16.2. The molecule has 1 aliphatic carbocycles. The van der Waals surface area contributed by atoms with Gasteiger partial charge in [-0.15, -0.1) is 0 Å². The predicted molar refractivity (Wildman–Crippen MR) is 65.6 cm³/mol. The highest BCUT2D eigenvalue weighted by Gasteiger charge is 2.30. The van der Waals surface area contributed by atoms with E-state index in [0.717, 1.165) is 6.42 Å². The maximum atomic E-state index is 12.3. The van der Waals surface area contributed by atoms with Gasteiger partial charge in [0.05, 0.1) is 7.05 Å². The second-order valence-electron chi connectivity index (χ2n) is 5.21. The van der Waals surface area contributed by atoms with Crippen molar-refractivity contribution in [3.05, 3.63) is 18.7 Å². The Kier molecular flexibility index (Phi) is 3.50. The normalized spacial score (nSPS) is 24.6. The van der Waals surface area contributed by atoms with Crippen molar-refractivity contribution in [3.8, 4) is 0 Å². The molecule has 1 amide bonds. The Morgan fingerprint density at radius 2 is 2.12 bits per heavy atom. The SMILES string of the molecule is CC1CCCCC1N(C)C(=O)n1cc[n+](C)c1. The van der Waals surface area contributed by atoms with E-state index in [1.165, 1.54) is 19.3 Å². The average molecular weight is 236 g/mol. The number of aromatic nitrogens is 2. The van der Waals surface area contributed by atoms with Crippen molar-refractivity contribution in [1.29, 1.82) is 0 Å². The minimum atomic E-state index is 0.0735. The standard InChI is InChI=1S/C13H22N3O/c1-11-6-4-5-7-12(11)15(3)13(17)16-9-8-14(2)10-16/h8-12H,4-7H2,1-3H3/q+1. The molecule has 1 aromatic rings. The fourth-order valence-electron chi connectivity index (χ4n) is 2.76. The number of hydrogen-bond acceptors (Lipinski definition) is 1. The first kappa shape index (κ1) is 12.1. The molecule has 1 aliphatic rings. The van der Waals surface area contributed by atoms with E-state index in [9.17, 15) is 4.79 Å². The second kappa shape index (κ2) is 4.90. The van der Waals surface area contributed by atoms with Gasteiger partial charge in [0.15, 0.2) is 0 Å². The van der Waals surface area contributed by atoms with Crippen molar-refractivity contribution in [2.75, 3.05) is 7.05 Å². The summed E-state index contributed by atoms with van der Waals surface area (Å²) >= 11 is 0. The van der Waals surface area contributed by atoms with E-state index < -0.39 is 0 Å². The van der Waals surface area contributed by atoms with Gasteiger partial charge in [0.2, 0.25) is 0 Å². The molecule has 2 unspecified atom stereocenters. The summed E-state index contributed by atoms with van der Waals surface area (Å²) in [6.07, 6.45) is 10.4. The minimum Gasteiger partial charge on any atom is -0.304 e. The maximum Gasteiger partial charge on any atom is 0.415 e. The maximum absolute atomic E-state index is 12.3. The molecular weight excluding hydrogens is 214 g/mol. The largest absolute Gasteiger partial charge is 0.415 e. The van der Waals surface area contributed by atoms with E-state index in [1.54, 1.807) is 4.57 Å². The predicted octanol–water partition coefficient (Wildman–Crippen LogP) is 1.79. The Labute approximate surface area is 103 Å². The number of hydrogen-bond donors (Lipinski definition) is 0. The van der Waals surface area contributed by atoms with Crippen LogP contribution in [-0.4, -0.2) is 28.6 Å². The molecule has 0 bridgehead atoms. The summed E-state index contributed by atoms with van der Waals surface area (Å²) in [5.41, 5.74) is 0. The lowest BCUT2D eigenvalue weighted by molar-refractivity contribution is -0.670. The highest BCUT2D eigenvalue weighted by molar-refractivity contribution is 5.76. The lowest BCUT2D eigenvalue weighted by Gasteiger charge is -2.34. The summed E-state index contributed by atoms with van der Waals surface area (Å²) in [6.45, 7) is 2.25. The first-order valence-electron chi connectivity index (χ1n) is 6.40. The van der Waals surface area contributed by atoms with E-state index >= 15 is 0 Å². The van der Waals surface area contributed by atoms with E-state index in [0.29, 0.717) is 12.0 Å². The summed E-state index contributed by atoms with van der Waals surface area (Å²) in [6, 6.07) is 0.466. The van der Waals surface area contributed by atoms with E-state index in [2.05, 4.69) is 6.92 Å². The Balaban J connectivity index is 2.08. The molecule has 0 aromatic carbocycles. The number of amides is 1. The Morgan fingerprint density at radius 3 is 2.71 bits per heavy atom. The number of imidazole rings is 1. The molecule has 0 aliphatic heterocycles. The molecular formula is C13H22N3O+. The molecule has 0 radical (unpaired) electrons. The van der Waals surface area contributed by atoms with Crippen molar-refractivity contribution in [2.24, 2.45) is 13.0 Å². The summed E-state index contributed by atoms with van der Waals surface area (Å²) in [4.78, 5) is 14.2. The second-order valence-corrected chi connectivity index (χ2v) is 5.21. The fraction of sp³-hybridized carbons (Fsp3) is 0.692. The van der Waals surface area contributed by atoms with Crippen molar-refractivity contribution < 1.29 is 9.36 Å². The van der Waals surface area contributed by atoms with Crippen LogP contribution in [-0.2, 0) is 7.05 Å². The lowest BCUT2D eigenvalue weighted by Crippen LogP contribution is -2.44. The molecule has 17 heavy (non-hydrogen) atoms. The molecule has 4 heteroatoms. The van der Waals surface area contributed by atoms with Crippen LogP contribution in [0.3, 0.4) is 0 Å². The zero-order valence-corrected chi connectivity index (χ0v) is 11.0. The summed E-state index contributed by atoms with van der Waals surface area (Å²) < 4.78 is 3.54. The number of carbonyl (C=O) groups excluding carboxylic acids is 1. The zero-order chi connectivity index (χ0) is 12.4. The van der Waals surface area contributed by atoms with Crippen LogP contribution in [0, 0.1) is 5.92 Å². The summed E-state index contributed by atoms with van der Waals surface area (Å²) in [5, 5.41) is 0. The molecule has 1 heterocycles. The molecule has 2 atom stereocenters. The Morgan fingerprint density at radius 1 is 1.41 bits per heavy atom. The summed E-state index contributed by atoms with van der Waals surface area (Å²) in [7, 11) is 3.85. The smallest absolute Gasteiger partial charge is 0.304 e. The molecule has 0 N–H and O–H groups in total. The first-order chi connectivity index (χ1) is 8.09. The fourth-order valence-corrected chi connectivity index (χ4v) is 2.76. The molecule has 2 rings (SSSR count). The van der Waals surface area contributed by atoms with E-state index in [1.807, 2.05) is 42.3 Å². The molecule has 1 fully saturated rings. The molecule has 0 spiro atoms. The highest BCUT2D eigenvalue weighted by Crippen LogP contribution is 2.27. The third kappa shape index (κ3) is 2.51. The first-order valence-corrected chi connectivity index (χ1v) is 6.40. The van der Waals surface area contributed by atoms with Gasteiger partial charge in [0, 0.05) is 13.1 Å². The molecule has 1 aromatic heterocycles. The van der Waals surface area contributed by atoms with Crippen LogP contribution < -0.4 is 4.57 Å². The average Bonchev–Trinajstić information content (AvgIpc) is 2.75. The number of nitrogens with zero attached hydrogens (tertiary/aromatic N) is 3. The van der Waals surface area contributed by atoms with Gasteiger partial charge in [-0.3, -0.25) is 0 Å². The van der Waals surface area contributed by atoms with Crippen LogP contribution in [0.15, 0.2) is 18.7 Å². The molecule has 1 saturated carbocycles. The van der Waals surface area contributed by atoms with Crippen LogP contribution >= 0.6 is 0 Å². The molecule has 0 saturated heterocycles. The lowest BCUT2D eigenvalue weighted by atomic mass is 9.85. The van der Waals surface area contributed by atoms with Crippen LogP contribution in [0.5, 0.6) is 0 Å². The third-order valence-electron chi connectivity index (χ3n) is 3.86. The quantitative estimate of drug-likeness (QED) is 0.683. The Bertz CT molecular complexity index is 399. The van der Waals surface area contributed by atoms with Crippen LogP contribution in [0.4, 0.5) is 4.79 Å². The van der Waals surface area contributed by atoms with Crippen molar-refractivity contribution in [1.82, 2.24) is 9.47 Å². The van der Waals surface area contributed by atoms with E-state index in [4.69, 9.17) is 0 Å². The Hall–Kier alpha value is -1.32. The third-order valence-corrected chi connectivity index (χ3v) is 3.86. The van der Waals surface area contributed by atoms with Crippen LogP contribution in [0.25, 0.3) is 0 Å². The minimum absolute atomic E-state index is 0.0735. The zero-order valence-electron chi connectivity index (χ0n) is 11.0. The monoisotopic (exact) mass is 236 g/mol. The van der Waals surface area contributed by atoms with Gasteiger partial charge < -0.3 is 4.90 Å². The number of rotatable bonds is 1. The van der Waals surface area contributed by atoms with Gasteiger partial charge in [-0.25, -0.2) is 9.36 Å². The topological polar surface area (TPSA) is 29.1 Å². The molecule has 4 nitrogen and oxygen atoms in total. The van der Waals surface area contributed by atoms with Gasteiger partial charge in [-0.1, -0.05) is 19.8 Å². The number of carbonyl (C=O) groups is 1. The number of aryl methyl sites for hydroxylation is 1. The van der Waals surface area contributed by atoms with Crippen molar-refractivity contribution in [2.45, 2.75) is 38.6 Å². The van der Waals surface area contributed by atoms with E-state index in [-0.39, 0.29) is 6.03 Å². The van der Waals surface area contributed by atoms with Gasteiger partial charge in [-0.05, 0) is 18.8 Å². The van der Waals surface area contributed by atoms with Crippen LogP contribution in [0.1, 0.15) is 32.6 Å². The molecule has 94 valence electrons. The van der Waals surface area contributed by atoms with Gasteiger partial charge >= 0.3 is 6.03 Å². The van der Waals surface area contributed by atoms with Crippen LogP contribution in [0.2, 0.25) is 0 Å². The van der Waals surface area contributed by atoms with Gasteiger partial charge in [0.1, 0.15) is 12.4 Å². The van der Waals surface area contributed by atoms with Crippen molar-refractivity contribution >= 4 is 6.03 Å². The van der Waals surface area contributed by atoms with Gasteiger partial charge in [0.25, 0.3) is 6.33 Å². The summed E-state index contributed by atoms with van der Waals surface area (Å²) in [5.74, 6) is 0.613.